The monoisotopic (exact) mass is 162 g/mol. The van der Waals surface area contributed by atoms with Crippen molar-refractivity contribution < 1.29 is 10.2 Å². The Balaban J connectivity index is 3.01. The molecule has 0 saturated carbocycles. The van der Waals surface area contributed by atoms with Gasteiger partial charge in [-0.3, -0.25) is 0 Å². The molecule has 0 radical (unpaired) electrons. The van der Waals surface area contributed by atoms with E-state index in [9.17, 15) is 0 Å². The van der Waals surface area contributed by atoms with E-state index in [1.807, 2.05) is 14.1 Å². The number of aliphatic hydroxyl groups excluding tert-OH is 2. The number of likely N-dealkylation sites (N-methyl/N-ethyl adjacent to an activating group) is 1. The summed E-state index contributed by atoms with van der Waals surface area (Å²) in [6.07, 6.45) is -0.628. The molecular weight excluding hydrogens is 144 g/mol. The minimum absolute atomic E-state index is 0.172. The van der Waals surface area contributed by atoms with Gasteiger partial charge in [0.1, 0.15) is 0 Å². The van der Waals surface area contributed by atoms with Gasteiger partial charge in [0.15, 0.2) is 0 Å². The number of aliphatic hydroxyl groups is 2. The first kappa shape index (κ1) is 10.8. The van der Waals surface area contributed by atoms with Crippen LogP contribution >= 0.6 is 0 Å². The Bertz CT molecular complexity index is 88.5. The van der Waals surface area contributed by atoms with E-state index in [-0.39, 0.29) is 6.61 Å². The Kier molecular flexibility index (Phi) is 6.45. The topological polar surface area (TPSA) is 55.7 Å². The SMILES string of the molecule is CN(C)CCNC[C@H](O)CO. The molecule has 0 aromatic heterocycles. The molecule has 3 N–H and O–H groups in total. The fraction of sp³-hybridized carbons (Fsp3) is 1.00. The van der Waals surface area contributed by atoms with Gasteiger partial charge in [-0.2, -0.15) is 0 Å². The lowest BCUT2D eigenvalue weighted by Gasteiger charge is -2.11. The van der Waals surface area contributed by atoms with E-state index in [0.717, 1.165) is 13.1 Å². The summed E-state index contributed by atoms with van der Waals surface area (Å²) < 4.78 is 0. The van der Waals surface area contributed by atoms with E-state index in [1.54, 1.807) is 0 Å². The van der Waals surface area contributed by atoms with Gasteiger partial charge in [0.25, 0.3) is 0 Å². The maximum atomic E-state index is 8.90. The van der Waals surface area contributed by atoms with Crippen molar-refractivity contribution in [2.75, 3.05) is 40.3 Å². The van der Waals surface area contributed by atoms with E-state index < -0.39 is 6.10 Å². The van der Waals surface area contributed by atoms with Gasteiger partial charge in [0, 0.05) is 19.6 Å². The molecule has 11 heavy (non-hydrogen) atoms. The first-order valence-electron chi connectivity index (χ1n) is 3.81. The van der Waals surface area contributed by atoms with Crippen molar-refractivity contribution in [1.29, 1.82) is 0 Å². The lowest BCUT2D eigenvalue weighted by atomic mass is 10.4. The molecule has 0 aromatic carbocycles. The van der Waals surface area contributed by atoms with Crippen LogP contribution < -0.4 is 5.32 Å². The Morgan fingerprint density at radius 1 is 1.45 bits per heavy atom. The predicted molar refractivity (Wildman–Crippen MR) is 44.5 cm³/mol. The third-order valence-electron chi connectivity index (χ3n) is 1.33. The second-order valence-electron chi connectivity index (χ2n) is 2.84. The average Bonchev–Trinajstić information content (AvgIpc) is 1.97. The zero-order valence-electron chi connectivity index (χ0n) is 7.25. The molecule has 0 amide bonds. The molecule has 0 spiro atoms. The Morgan fingerprint density at radius 3 is 2.55 bits per heavy atom. The van der Waals surface area contributed by atoms with Crippen molar-refractivity contribution in [3.8, 4) is 0 Å². The summed E-state index contributed by atoms with van der Waals surface area (Å²) >= 11 is 0. The number of hydrogen-bond donors (Lipinski definition) is 3. The van der Waals surface area contributed by atoms with E-state index in [1.165, 1.54) is 0 Å². The number of nitrogens with zero attached hydrogens (tertiary/aromatic N) is 1. The van der Waals surface area contributed by atoms with Gasteiger partial charge in [-0.25, -0.2) is 0 Å². The van der Waals surface area contributed by atoms with Crippen molar-refractivity contribution >= 4 is 0 Å². The fourth-order valence-corrected chi connectivity index (χ4v) is 0.636. The molecule has 0 unspecified atom stereocenters. The fourth-order valence-electron chi connectivity index (χ4n) is 0.636. The van der Waals surface area contributed by atoms with Gasteiger partial charge in [0.05, 0.1) is 12.7 Å². The molecule has 0 aliphatic rings. The number of rotatable bonds is 6. The van der Waals surface area contributed by atoms with Gasteiger partial charge in [-0.15, -0.1) is 0 Å². The van der Waals surface area contributed by atoms with Crippen molar-refractivity contribution in [2.45, 2.75) is 6.10 Å². The minimum atomic E-state index is -0.628. The van der Waals surface area contributed by atoms with Gasteiger partial charge < -0.3 is 20.4 Å². The standard InChI is InChI=1S/C7H18N2O2/c1-9(2)4-3-8-5-7(11)6-10/h7-8,10-11H,3-6H2,1-2H3/t7-/m0/s1. The van der Waals surface area contributed by atoms with Crippen molar-refractivity contribution in [1.82, 2.24) is 10.2 Å². The number of nitrogens with one attached hydrogen (secondary N) is 1. The molecule has 0 heterocycles. The van der Waals surface area contributed by atoms with E-state index in [0.29, 0.717) is 6.54 Å². The summed E-state index contributed by atoms with van der Waals surface area (Å²) in [4.78, 5) is 2.05. The minimum Gasteiger partial charge on any atom is -0.394 e. The molecular formula is C7H18N2O2. The summed E-state index contributed by atoms with van der Waals surface area (Å²) in [7, 11) is 3.98. The highest BCUT2D eigenvalue weighted by Crippen LogP contribution is 1.76. The van der Waals surface area contributed by atoms with Crippen LogP contribution in [0.15, 0.2) is 0 Å². The van der Waals surface area contributed by atoms with Crippen LogP contribution in [0.25, 0.3) is 0 Å². The van der Waals surface area contributed by atoms with E-state index in [4.69, 9.17) is 10.2 Å². The van der Waals surface area contributed by atoms with Gasteiger partial charge in [-0.1, -0.05) is 0 Å². The van der Waals surface area contributed by atoms with Crippen molar-refractivity contribution in [3.05, 3.63) is 0 Å². The summed E-state index contributed by atoms with van der Waals surface area (Å²) in [5.74, 6) is 0. The molecule has 68 valence electrons. The maximum Gasteiger partial charge on any atom is 0.0894 e. The number of hydrogen-bond acceptors (Lipinski definition) is 4. The van der Waals surface area contributed by atoms with Gasteiger partial charge >= 0.3 is 0 Å². The molecule has 0 aliphatic heterocycles. The molecule has 0 aromatic rings. The quantitative estimate of drug-likeness (QED) is 0.416. The second kappa shape index (κ2) is 6.54. The Hall–Kier alpha value is -0.160. The predicted octanol–water partition coefficient (Wildman–Crippen LogP) is -1.51. The first-order valence-corrected chi connectivity index (χ1v) is 3.81. The van der Waals surface area contributed by atoms with Gasteiger partial charge in [0.2, 0.25) is 0 Å². The Labute approximate surface area is 67.8 Å². The van der Waals surface area contributed by atoms with Crippen LogP contribution in [0.2, 0.25) is 0 Å². The summed E-state index contributed by atoms with van der Waals surface area (Å²) in [6.45, 7) is 2.07. The second-order valence-corrected chi connectivity index (χ2v) is 2.84. The lowest BCUT2D eigenvalue weighted by Crippen LogP contribution is -2.33. The van der Waals surface area contributed by atoms with Crippen LogP contribution in [0.1, 0.15) is 0 Å². The average molecular weight is 162 g/mol. The zero-order chi connectivity index (χ0) is 8.69. The molecule has 4 heteroatoms. The largest absolute Gasteiger partial charge is 0.394 e. The van der Waals surface area contributed by atoms with Crippen LogP contribution in [0.3, 0.4) is 0 Å². The molecule has 4 nitrogen and oxygen atoms in total. The molecule has 0 rings (SSSR count). The highest BCUT2D eigenvalue weighted by atomic mass is 16.3. The smallest absolute Gasteiger partial charge is 0.0894 e. The lowest BCUT2D eigenvalue weighted by molar-refractivity contribution is 0.0942. The highest BCUT2D eigenvalue weighted by molar-refractivity contribution is 4.57. The van der Waals surface area contributed by atoms with Crippen LogP contribution in [0.4, 0.5) is 0 Å². The van der Waals surface area contributed by atoms with E-state index in [2.05, 4.69) is 10.2 Å². The molecule has 1 atom stereocenters. The Morgan fingerprint density at radius 2 is 2.09 bits per heavy atom. The molecule has 0 bridgehead atoms. The van der Waals surface area contributed by atoms with Crippen LogP contribution in [-0.2, 0) is 0 Å². The highest BCUT2D eigenvalue weighted by Gasteiger charge is 1.99. The maximum absolute atomic E-state index is 8.90. The van der Waals surface area contributed by atoms with Crippen LogP contribution in [0, 0.1) is 0 Å². The van der Waals surface area contributed by atoms with Crippen LogP contribution in [-0.4, -0.2) is 61.6 Å². The zero-order valence-corrected chi connectivity index (χ0v) is 7.25. The normalized spacial score (nSPS) is 13.9. The third-order valence-corrected chi connectivity index (χ3v) is 1.33. The summed E-state index contributed by atoms with van der Waals surface area (Å²) in [5, 5.41) is 20.4. The first-order chi connectivity index (χ1) is 5.16. The molecule has 0 fully saturated rings. The summed E-state index contributed by atoms with van der Waals surface area (Å²) in [6, 6.07) is 0. The van der Waals surface area contributed by atoms with Crippen molar-refractivity contribution in [2.24, 2.45) is 0 Å². The third kappa shape index (κ3) is 7.74. The van der Waals surface area contributed by atoms with Gasteiger partial charge in [-0.05, 0) is 14.1 Å². The van der Waals surface area contributed by atoms with Crippen molar-refractivity contribution in [3.63, 3.8) is 0 Å². The van der Waals surface area contributed by atoms with E-state index >= 15 is 0 Å². The van der Waals surface area contributed by atoms with Crippen LogP contribution in [0.5, 0.6) is 0 Å². The summed E-state index contributed by atoms with van der Waals surface area (Å²) in [5.41, 5.74) is 0. The molecule has 0 aliphatic carbocycles. The molecule has 0 saturated heterocycles.